The highest BCUT2D eigenvalue weighted by molar-refractivity contribution is 9.10. The molecule has 1 N–H and O–H groups in total. The summed E-state index contributed by atoms with van der Waals surface area (Å²) >= 11 is 3.43. The molecule has 1 aliphatic heterocycles. The van der Waals surface area contributed by atoms with E-state index in [1.165, 1.54) is 0 Å². The smallest absolute Gasteiger partial charge is 0.120 e. The van der Waals surface area contributed by atoms with Gasteiger partial charge < -0.3 is 14.7 Å². The number of hydrogen-bond donors (Lipinski definition) is 1. The van der Waals surface area contributed by atoms with E-state index in [1.807, 2.05) is 24.3 Å². The number of hydrogen-bond acceptors (Lipinski definition) is 3. The zero-order valence-corrected chi connectivity index (χ0v) is 12.1. The molecule has 1 heterocycles. The molecule has 0 radical (unpaired) electrons. The van der Waals surface area contributed by atoms with Gasteiger partial charge >= 0.3 is 0 Å². The molecule has 4 heteroatoms. The van der Waals surface area contributed by atoms with Crippen LogP contribution in [-0.4, -0.2) is 42.4 Å². The van der Waals surface area contributed by atoms with Gasteiger partial charge in [-0.2, -0.15) is 0 Å². The highest BCUT2D eigenvalue weighted by atomic mass is 79.9. The number of rotatable bonds is 5. The van der Waals surface area contributed by atoms with Crippen LogP contribution >= 0.6 is 15.9 Å². The molecule has 1 aromatic rings. The molecule has 0 amide bonds. The average Bonchev–Trinajstić information content (AvgIpc) is 2.37. The van der Waals surface area contributed by atoms with Crippen molar-refractivity contribution in [2.75, 3.05) is 26.2 Å². The van der Waals surface area contributed by atoms with E-state index in [0.717, 1.165) is 55.7 Å². The van der Waals surface area contributed by atoms with Crippen LogP contribution in [0.1, 0.15) is 19.3 Å². The van der Waals surface area contributed by atoms with Gasteiger partial charge in [-0.3, -0.25) is 0 Å². The van der Waals surface area contributed by atoms with Crippen LogP contribution in [0.5, 0.6) is 5.75 Å². The van der Waals surface area contributed by atoms with Crippen molar-refractivity contribution in [3.63, 3.8) is 0 Å². The van der Waals surface area contributed by atoms with E-state index < -0.39 is 0 Å². The molecule has 0 bridgehead atoms. The van der Waals surface area contributed by atoms with E-state index in [2.05, 4.69) is 20.8 Å². The number of nitrogens with zero attached hydrogens (tertiary/aromatic N) is 1. The van der Waals surface area contributed by atoms with Crippen molar-refractivity contribution in [2.45, 2.75) is 25.4 Å². The highest BCUT2D eigenvalue weighted by Crippen LogP contribution is 2.18. The zero-order valence-electron chi connectivity index (χ0n) is 10.5. The number of aliphatic hydroxyl groups excluding tert-OH is 1. The number of halogens is 1. The lowest BCUT2D eigenvalue weighted by atomic mass is 10.1. The maximum absolute atomic E-state index is 9.42. The molecule has 2 rings (SSSR count). The van der Waals surface area contributed by atoms with Gasteiger partial charge in [0.25, 0.3) is 0 Å². The fraction of sp³-hybridized carbons (Fsp3) is 0.571. The van der Waals surface area contributed by atoms with Gasteiger partial charge in [-0.1, -0.05) is 22.0 Å². The third kappa shape index (κ3) is 4.59. The van der Waals surface area contributed by atoms with Crippen molar-refractivity contribution in [3.8, 4) is 5.75 Å². The zero-order chi connectivity index (χ0) is 12.8. The Labute approximate surface area is 117 Å². The molecule has 1 aliphatic rings. The maximum atomic E-state index is 9.42. The van der Waals surface area contributed by atoms with Gasteiger partial charge in [-0.05, 0) is 37.5 Å². The Morgan fingerprint density at radius 3 is 2.83 bits per heavy atom. The molecule has 3 nitrogen and oxygen atoms in total. The van der Waals surface area contributed by atoms with Crippen molar-refractivity contribution >= 4 is 15.9 Å². The largest absolute Gasteiger partial charge is 0.494 e. The first kappa shape index (κ1) is 13.8. The maximum Gasteiger partial charge on any atom is 0.120 e. The highest BCUT2D eigenvalue weighted by Gasteiger charge is 2.15. The number of likely N-dealkylation sites (tertiary alicyclic amines) is 1. The Balaban J connectivity index is 1.61. The number of benzene rings is 1. The molecule has 0 saturated carbocycles. The molecular weight excluding hydrogens is 294 g/mol. The normalized spacial score (nSPS) is 17.9. The van der Waals surface area contributed by atoms with Crippen molar-refractivity contribution in [1.29, 1.82) is 0 Å². The minimum absolute atomic E-state index is 0.0841. The van der Waals surface area contributed by atoms with E-state index >= 15 is 0 Å². The van der Waals surface area contributed by atoms with Crippen LogP contribution in [0.3, 0.4) is 0 Å². The van der Waals surface area contributed by atoms with Gasteiger partial charge in [-0.15, -0.1) is 0 Å². The summed E-state index contributed by atoms with van der Waals surface area (Å²) in [6, 6.07) is 7.93. The molecule has 0 aromatic heterocycles. The Morgan fingerprint density at radius 2 is 2.11 bits per heavy atom. The van der Waals surface area contributed by atoms with Crippen LogP contribution in [0.4, 0.5) is 0 Å². The van der Waals surface area contributed by atoms with E-state index in [0.29, 0.717) is 0 Å². The molecular formula is C14H20BrNO2. The Bertz CT molecular complexity index is 365. The summed E-state index contributed by atoms with van der Waals surface area (Å²) in [5.41, 5.74) is 0. The molecule has 0 unspecified atom stereocenters. The Hall–Kier alpha value is -0.580. The third-order valence-electron chi connectivity index (χ3n) is 3.24. The Kier molecular flexibility index (Phi) is 5.47. The van der Waals surface area contributed by atoms with Gasteiger partial charge in [-0.25, -0.2) is 0 Å². The van der Waals surface area contributed by atoms with Gasteiger partial charge in [0.15, 0.2) is 0 Å². The van der Waals surface area contributed by atoms with Gasteiger partial charge in [0, 0.05) is 24.1 Å². The summed E-state index contributed by atoms with van der Waals surface area (Å²) < 4.78 is 6.74. The summed E-state index contributed by atoms with van der Waals surface area (Å²) in [5, 5.41) is 9.42. The van der Waals surface area contributed by atoms with Crippen molar-refractivity contribution in [2.24, 2.45) is 0 Å². The SMILES string of the molecule is OC1CCN(CCCOc2cccc(Br)c2)CC1. The number of aliphatic hydroxyl groups is 1. The Morgan fingerprint density at radius 1 is 1.33 bits per heavy atom. The summed E-state index contributed by atoms with van der Waals surface area (Å²) in [6.07, 6.45) is 2.76. The van der Waals surface area contributed by atoms with Crippen molar-refractivity contribution in [3.05, 3.63) is 28.7 Å². The lowest BCUT2D eigenvalue weighted by Crippen LogP contribution is -2.36. The first-order valence-electron chi connectivity index (χ1n) is 6.53. The van der Waals surface area contributed by atoms with Crippen LogP contribution in [0.15, 0.2) is 28.7 Å². The lowest BCUT2D eigenvalue weighted by Gasteiger charge is -2.29. The lowest BCUT2D eigenvalue weighted by molar-refractivity contribution is 0.0800. The average molecular weight is 314 g/mol. The second-order valence-electron chi connectivity index (χ2n) is 4.73. The van der Waals surface area contributed by atoms with Gasteiger partial charge in [0.2, 0.25) is 0 Å². The third-order valence-corrected chi connectivity index (χ3v) is 3.73. The summed E-state index contributed by atoms with van der Waals surface area (Å²) in [6.45, 7) is 3.83. The number of ether oxygens (including phenoxy) is 1. The summed E-state index contributed by atoms with van der Waals surface area (Å²) in [4.78, 5) is 2.40. The summed E-state index contributed by atoms with van der Waals surface area (Å²) in [5.74, 6) is 0.915. The molecule has 0 atom stereocenters. The van der Waals surface area contributed by atoms with Crippen LogP contribution in [0.2, 0.25) is 0 Å². The fourth-order valence-corrected chi connectivity index (χ4v) is 2.56. The molecule has 1 aromatic carbocycles. The first-order chi connectivity index (χ1) is 8.74. The molecule has 0 spiro atoms. The molecule has 1 saturated heterocycles. The standard InChI is InChI=1S/C14H20BrNO2/c15-12-3-1-4-14(11-12)18-10-2-7-16-8-5-13(17)6-9-16/h1,3-4,11,13,17H,2,5-10H2. The second kappa shape index (κ2) is 7.12. The van der Waals surface area contributed by atoms with Crippen molar-refractivity contribution in [1.82, 2.24) is 4.90 Å². The van der Waals surface area contributed by atoms with Gasteiger partial charge in [0.05, 0.1) is 12.7 Å². The van der Waals surface area contributed by atoms with E-state index in [1.54, 1.807) is 0 Å². The molecule has 0 aliphatic carbocycles. The predicted octanol–water partition coefficient (Wildman–Crippen LogP) is 2.67. The van der Waals surface area contributed by atoms with Gasteiger partial charge in [0.1, 0.15) is 5.75 Å². The molecule has 100 valence electrons. The minimum Gasteiger partial charge on any atom is -0.494 e. The van der Waals surface area contributed by atoms with Crippen LogP contribution in [0, 0.1) is 0 Å². The minimum atomic E-state index is -0.0841. The molecule has 1 fully saturated rings. The molecule has 18 heavy (non-hydrogen) atoms. The van der Waals surface area contributed by atoms with Crippen LogP contribution < -0.4 is 4.74 Å². The second-order valence-corrected chi connectivity index (χ2v) is 5.65. The first-order valence-corrected chi connectivity index (χ1v) is 7.32. The van der Waals surface area contributed by atoms with Crippen LogP contribution in [0.25, 0.3) is 0 Å². The van der Waals surface area contributed by atoms with E-state index in [9.17, 15) is 5.11 Å². The predicted molar refractivity (Wildman–Crippen MR) is 75.9 cm³/mol. The van der Waals surface area contributed by atoms with E-state index in [-0.39, 0.29) is 6.10 Å². The monoisotopic (exact) mass is 313 g/mol. The fourth-order valence-electron chi connectivity index (χ4n) is 2.18. The topological polar surface area (TPSA) is 32.7 Å². The van der Waals surface area contributed by atoms with E-state index in [4.69, 9.17) is 4.74 Å². The number of piperidine rings is 1. The van der Waals surface area contributed by atoms with Crippen molar-refractivity contribution < 1.29 is 9.84 Å². The van der Waals surface area contributed by atoms with Crippen LogP contribution in [-0.2, 0) is 0 Å². The quantitative estimate of drug-likeness (QED) is 0.848. The summed E-state index contributed by atoms with van der Waals surface area (Å²) in [7, 11) is 0.